The number of hydrogen-bond donors (Lipinski definition) is 1. The highest BCUT2D eigenvalue weighted by Gasteiger charge is 2.17. The average molecular weight is 386 g/mol. The molecule has 24 heavy (non-hydrogen) atoms. The molecule has 1 amide bonds. The first-order chi connectivity index (χ1) is 11.5. The highest BCUT2D eigenvalue weighted by atomic mass is 35.5. The van der Waals surface area contributed by atoms with Gasteiger partial charge in [-0.15, -0.1) is 5.10 Å². The van der Waals surface area contributed by atoms with Gasteiger partial charge >= 0.3 is 0 Å². The zero-order valence-electron chi connectivity index (χ0n) is 12.4. The fraction of sp³-hybridized carbons (Fsp3) is 0.143. The summed E-state index contributed by atoms with van der Waals surface area (Å²) in [5.74, 6) is -0.311. The number of amides is 1. The number of carbonyl (C=O) groups is 1. The lowest BCUT2D eigenvalue weighted by molar-refractivity contribution is 0.101. The Bertz CT molecular complexity index is 864. The molecular formula is C14H11Cl3N6O. The van der Waals surface area contributed by atoms with E-state index < -0.39 is 5.91 Å². The van der Waals surface area contributed by atoms with E-state index in [1.165, 1.54) is 21.9 Å². The minimum Gasteiger partial charge on any atom is -0.288 e. The van der Waals surface area contributed by atoms with Gasteiger partial charge in [0.25, 0.3) is 5.91 Å². The summed E-state index contributed by atoms with van der Waals surface area (Å²) >= 11 is 18.2. The molecule has 0 spiro atoms. The zero-order valence-corrected chi connectivity index (χ0v) is 14.6. The lowest BCUT2D eigenvalue weighted by Crippen LogP contribution is -2.17. The first-order valence-corrected chi connectivity index (χ1v) is 7.90. The molecule has 3 rings (SSSR count). The molecule has 0 fully saturated rings. The van der Waals surface area contributed by atoms with Crippen LogP contribution in [-0.4, -0.2) is 30.5 Å². The van der Waals surface area contributed by atoms with Crippen LogP contribution in [0.5, 0.6) is 0 Å². The number of nitrogens with zero attached hydrogens (tertiary/aromatic N) is 5. The second kappa shape index (κ2) is 6.80. The van der Waals surface area contributed by atoms with E-state index in [0.717, 1.165) is 5.56 Å². The predicted molar refractivity (Wildman–Crippen MR) is 91.8 cm³/mol. The molecule has 124 valence electrons. The van der Waals surface area contributed by atoms with E-state index in [1.807, 2.05) is 0 Å². The summed E-state index contributed by atoms with van der Waals surface area (Å²) in [5, 5.41) is 12.0. The Kier molecular flexibility index (Phi) is 4.75. The molecule has 1 N–H and O–H groups in total. The van der Waals surface area contributed by atoms with E-state index >= 15 is 0 Å². The summed E-state index contributed by atoms with van der Waals surface area (Å²) in [5.41, 5.74) is 0.945. The minimum absolute atomic E-state index is 0.139. The maximum atomic E-state index is 12.2. The Morgan fingerprint density at radius 2 is 1.92 bits per heavy atom. The first-order valence-electron chi connectivity index (χ1n) is 6.77. The van der Waals surface area contributed by atoms with Crippen LogP contribution in [0.25, 0.3) is 0 Å². The molecule has 3 aromatic rings. The van der Waals surface area contributed by atoms with Crippen molar-refractivity contribution in [3.63, 3.8) is 0 Å². The molecule has 1 aromatic carbocycles. The molecule has 0 saturated carbocycles. The van der Waals surface area contributed by atoms with Gasteiger partial charge in [0.15, 0.2) is 0 Å². The lowest BCUT2D eigenvalue weighted by atomic mass is 10.2. The van der Waals surface area contributed by atoms with Gasteiger partial charge in [-0.25, -0.2) is 9.67 Å². The molecule has 7 nitrogen and oxygen atoms in total. The van der Waals surface area contributed by atoms with E-state index in [9.17, 15) is 4.79 Å². The second-order valence-electron chi connectivity index (χ2n) is 4.88. The number of aryl methyl sites for hydroxylation is 1. The molecule has 0 unspecified atom stereocenters. The molecule has 0 aliphatic carbocycles. The van der Waals surface area contributed by atoms with Crippen LogP contribution < -0.4 is 5.32 Å². The van der Waals surface area contributed by atoms with E-state index in [-0.39, 0.29) is 16.7 Å². The van der Waals surface area contributed by atoms with Crippen molar-refractivity contribution >= 4 is 46.7 Å². The summed E-state index contributed by atoms with van der Waals surface area (Å²) in [7, 11) is 1.62. The fourth-order valence-corrected chi connectivity index (χ4v) is 2.87. The molecule has 0 radical (unpaired) electrons. The number of carbonyl (C=O) groups excluding carboxylic acids is 1. The molecule has 2 aromatic heterocycles. The topological polar surface area (TPSA) is 77.6 Å². The number of hydrogen-bond acceptors (Lipinski definition) is 4. The number of aromatic nitrogens is 5. The molecule has 0 aliphatic heterocycles. The van der Waals surface area contributed by atoms with Gasteiger partial charge in [0, 0.05) is 22.7 Å². The largest absolute Gasteiger partial charge is 0.288 e. The predicted octanol–water partition coefficient (Wildman–Crippen LogP) is 3.27. The summed E-state index contributed by atoms with van der Waals surface area (Å²) in [6.45, 7) is 0.327. The zero-order chi connectivity index (χ0) is 17.3. The highest BCUT2D eigenvalue weighted by Crippen LogP contribution is 2.25. The van der Waals surface area contributed by atoms with E-state index in [4.69, 9.17) is 34.8 Å². The Balaban J connectivity index is 1.76. The third kappa shape index (κ3) is 3.38. The number of benzene rings is 1. The van der Waals surface area contributed by atoms with Gasteiger partial charge in [0.1, 0.15) is 12.0 Å². The molecule has 10 heteroatoms. The quantitative estimate of drug-likeness (QED) is 0.747. The molecular weight excluding hydrogens is 375 g/mol. The van der Waals surface area contributed by atoms with Crippen molar-refractivity contribution in [2.75, 3.05) is 5.32 Å². The van der Waals surface area contributed by atoms with E-state index in [0.29, 0.717) is 16.6 Å². The van der Waals surface area contributed by atoms with Crippen LogP contribution in [0.4, 0.5) is 5.95 Å². The normalized spacial score (nSPS) is 10.8. The van der Waals surface area contributed by atoms with Crippen molar-refractivity contribution in [2.24, 2.45) is 7.05 Å². The van der Waals surface area contributed by atoms with Gasteiger partial charge in [0.05, 0.1) is 17.8 Å². The van der Waals surface area contributed by atoms with Crippen molar-refractivity contribution in [3.05, 3.63) is 57.0 Å². The Morgan fingerprint density at radius 1 is 1.21 bits per heavy atom. The van der Waals surface area contributed by atoms with Crippen LogP contribution >= 0.6 is 34.8 Å². The van der Waals surface area contributed by atoms with Crippen molar-refractivity contribution in [2.45, 2.75) is 6.54 Å². The van der Waals surface area contributed by atoms with Gasteiger partial charge in [-0.3, -0.25) is 14.8 Å². The van der Waals surface area contributed by atoms with Crippen LogP contribution in [0.2, 0.25) is 15.1 Å². The summed E-state index contributed by atoms with van der Waals surface area (Å²) in [4.78, 5) is 16.2. The second-order valence-corrected chi connectivity index (χ2v) is 6.11. The smallest absolute Gasteiger partial charge is 0.277 e. The molecule has 0 aliphatic rings. The van der Waals surface area contributed by atoms with Crippen LogP contribution in [0.15, 0.2) is 30.7 Å². The van der Waals surface area contributed by atoms with Crippen molar-refractivity contribution in [1.29, 1.82) is 0 Å². The minimum atomic E-state index is -0.450. The maximum Gasteiger partial charge on any atom is 0.277 e. The monoisotopic (exact) mass is 384 g/mol. The fourth-order valence-electron chi connectivity index (χ4n) is 2.10. The number of halogens is 3. The van der Waals surface area contributed by atoms with Crippen molar-refractivity contribution in [3.8, 4) is 0 Å². The third-order valence-electron chi connectivity index (χ3n) is 3.25. The van der Waals surface area contributed by atoms with Gasteiger partial charge < -0.3 is 0 Å². The van der Waals surface area contributed by atoms with Gasteiger partial charge in [0.2, 0.25) is 5.95 Å². The number of anilines is 1. The molecule has 2 heterocycles. The van der Waals surface area contributed by atoms with Gasteiger partial charge in [-0.1, -0.05) is 40.9 Å². The Morgan fingerprint density at radius 3 is 2.54 bits per heavy atom. The maximum absolute atomic E-state index is 12.2. The summed E-state index contributed by atoms with van der Waals surface area (Å²) in [6.07, 6.45) is 2.86. The first kappa shape index (κ1) is 16.8. The highest BCUT2D eigenvalue weighted by molar-refractivity contribution is 6.36. The lowest BCUT2D eigenvalue weighted by Gasteiger charge is -2.06. The third-order valence-corrected chi connectivity index (χ3v) is 4.24. The van der Waals surface area contributed by atoms with Crippen LogP contribution in [0.3, 0.4) is 0 Å². The molecule has 0 atom stereocenters. The van der Waals surface area contributed by atoms with E-state index in [1.54, 1.807) is 25.2 Å². The summed E-state index contributed by atoms with van der Waals surface area (Å²) in [6, 6.07) is 5.25. The van der Waals surface area contributed by atoms with Crippen molar-refractivity contribution in [1.82, 2.24) is 24.5 Å². The summed E-state index contributed by atoms with van der Waals surface area (Å²) < 4.78 is 2.89. The van der Waals surface area contributed by atoms with Crippen LogP contribution in [-0.2, 0) is 13.6 Å². The van der Waals surface area contributed by atoms with Crippen LogP contribution in [0.1, 0.15) is 16.1 Å². The molecule has 0 saturated heterocycles. The van der Waals surface area contributed by atoms with Crippen molar-refractivity contribution < 1.29 is 4.79 Å². The Labute approximate surface area is 152 Å². The standard InChI is InChI=1S/C14H11Cl3N6O/c1-22-12(11(17)5-19-22)13(24)20-14-18-7-23(21-14)6-8-9(15)3-2-4-10(8)16/h2-5,7H,6H2,1H3,(H,20,21,24). The Hall–Kier alpha value is -2.09. The number of nitrogens with one attached hydrogen (secondary N) is 1. The van der Waals surface area contributed by atoms with E-state index in [2.05, 4.69) is 20.5 Å². The SMILES string of the molecule is Cn1ncc(Cl)c1C(=O)Nc1ncn(Cc2c(Cl)cccc2Cl)n1. The van der Waals surface area contributed by atoms with Gasteiger partial charge in [-0.2, -0.15) is 5.10 Å². The van der Waals surface area contributed by atoms with Crippen LogP contribution in [0, 0.1) is 0 Å². The average Bonchev–Trinajstić information content (AvgIpc) is 3.10. The number of rotatable bonds is 4. The van der Waals surface area contributed by atoms with Gasteiger partial charge in [-0.05, 0) is 12.1 Å². The molecule has 0 bridgehead atoms.